The minimum atomic E-state index is 0. The van der Waals surface area contributed by atoms with E-state index in [4.69, 9.17) is 5.41 Å². The van der Waals surface area contributed by atoms with Gasteiger partial charge in [-0.05, 0) is 58.2 Å². The fourth-order valence-corrected chi connectivity index (χ4v) is 3.05. The molecule has 0 heterocycles. The number of nitrogens with one attached hydrogen (secondary N) is 1. The van der Waals surface area contributed by atoms with E-state index in [9.17, 15) is 0 Å². The van der Waals surface area contributed by atoms with E-state index < -0.39 is 0 Å². The van der Waals surface area contributed by atoms with Crippen molar-refractivity contribution in [3.63, 3.8) is 0 Å². The van der Waals surface area contributed by atoms with Crippen LogP contribution in [0, 0.1) is 5.41 Å². The van der Waals surface area contributed by atoms with Crippen LogP contribution in [0.15, 0.2) is 51.4 Å². The van der Waals surface area contributed by atoms with Gasteiger partial charge in [0.1, 0.15) is 0 Å². The highest BCUT2D eigenvalue weighted by atomic mass is 79.9. The van der Waals surface area contributed by atoms with E-state index in [1.54, 1.807) is 0 Å². The van der Waals surface area contributed by atoms with Crippen molar-refractivity contribution in [2.45, 2.75) is 13.3 Å². The van der Waals surface area contributed by atoms with E-state index in [0.717, 1.165) is 26.7 Å². The van der Waals surface area contributed by atoms with Gasteiger partial charge in [0.05, 0.1) is 5.69 Å². The van der Waals surface area contributed by atoms with Gasteiger partial charge in [0.15, 0.2) is 0 Å². The maximum Gasteiger partial charge on any atom is 0.202 e. The molecular formula is C17H20Br2ClN3. The van der Waals surface area contributed by atoms with E-state index in [0.29, 0.717) is 5.96 Å². The van der Waals surface area contributed by atoms with Gasteiger partial charge in [-0.1, -0.05) is 35.0 Å². The Kier molecular flexibility index (Phi) is 7.58. The smallest absolute Gasteiger partial charge is 0.202 e. The third kappa shape index (κ3) is 4.72. The second-order valence-corrected chi connectivity index (χ2v) is 6.83. The van der Waals surface area contributed by atoms with Crippen molar-refractivity contribution in [2.75, 3.05) is 23.9 Å². The first-order valence-electron chi connectivity index (χ1n) is 7.04. The number of aryl methyl sites for hydroxylation is 1. The Hall–Kier alpha value is -1.04. The molecule has 0 bridgehead atoms. The lowest BCUT2D eigenvalue weighted by molar-refractivity contribution is 1.09. The minimum absolute atomic E-state index is 0. The van der Waals surface area contributed by atoms with Crippen LogP contribution in [0.2, 0.25) is 0 Å². The molecule has 0 fully saturated rings. The minimum Gasteiger partial charge on any atom is -0.316 e. The van der Waals surface area contributed by atoms with Crippen LogP contribution >= 0.6 is 44.3 Å². The number of benzene rings is 2. The maximum atomic E-state index is 8.49. The summed E-state index contributed by atoms with van der Waals surface area (Å²) in [6.45, 7) is 2.13. The molecule has 0 atom stereocenters. The summed E-state index contributed by atoms with van der Waals surface area (Å²) in [5, 5.41) is 8.49. The van der Waals surface area contributed by atoms with E-state index in [2.05, 4.69) is 50.9 Å². The van der Waals surface area contributed by atoms with Crippen LogP contribution in [0.3, 0.4) is 0 Å². The zero-order valence-corrected chi connectivity index (χ0v) is 17.3. The summed E-state index contributed by atoms with van der Waals surface area (Å²) in [6, 6.07) is 14.2. The zero-order chi connectivity index (χ0) is 16.3. The van der Waals surface area contributed by atoms with Crippen LogP contribution in [0.25, 0.3) is 0 Å². The average molecular weight is 462 g/mol. The molecule has 6 heteroatoms. The fraction of sp³-hybridized carbons (Fsp3) is 0.235. The highest BCUT2D eigenvalue weighted by molar-refractivity contribution is 9.11. The molecule has 2 rings (SSSR count). The summed E-state index contributed by atoms with van der Waals surface area (Å²) >= 11 is 7.03. The molecule has 1 N–H and O–H groups in total. The van der Waals surface area contributed by atoms with E-state index in [1.165, 1.54) is 5.56 Å². The Balaban J connectivity index is 0.00000264. The summed E-state index contributed by atoms with van der Waals surface area (Å²) in [5.41, 5.74) is 3.23. The predicted molar refractivity (Wildman–Crippen MR) is 109 cm³/mol. The summed E-state index contributed by atoms with van der Waals surface area (Å²) in [4.78, 5) is 3.74. The molecule has 124 valence electrons. The molecule has 23 heavy (non-hydrogen) atoms. The third-order valence-corrected chi connectivity index (χ3v) is 4.77. The maximum absolute atomic E-state index is 8.49. The first-order valence-corrected chi connectivity index (χ1v) is 8.62. The lowest BCUT2D eigenvalue weighted by Crippen LogP contribution is -2.39. The number of anilines is 2. The molecule has 0 saturated carbocycles. The van der Waals surface area contributed by atoms with Crippen molar-refractivity contribution in [3.05, 3.63) is 57.0 Å². The number of rotatable bonds is 3. The lowest BCUT2D eigenvalue weighted by Gasteiger charge is -2.29. The van der Waals surface area contributed by atoms with Crippen molar-refractivity contribution >= 4 is 61.6 Å². The predicted octanol–water partition coefficient (Wildman–Crippen LogP) is 5.70. The summed E-state index contributed by atoms with van der Waals surface area (Å²) in [7, 11) is 3.81. The number of nitrogens with zero attached hydrogens (tertiary/aromatic N) is 2. The van der Waals surface area contributed by atoms with Gasteiger partial charge >= 0.3 is 0 Å². The fourth-order valence-electron chi connectivity index (χ4n) is 2.19. The van der Waals surface area contributed by atoms with Crippen molar-refractivity contribution in [1.82, 2.24) is 0 Å². The quantitative estimate of drug-likeness (QED) is 0.469. The molecular weight excluding hydrogens is 441 g/mol. The van der Waals surface area contributed by atoms with Crippen molar-refractivity contribution in [3.8, 4) is 0 Å². The first-order chi connectivity index (χ1) is 10.4. The van der Waals surface area contributed by atoms with E-state index in [1.807, 2.05) is 54.2 Å². The molecule has 0 saturated heterocycles. The number of hydrogen-bond acceptors (Lipinski definition) is 1. The van der Waals surface area contributed by atoms with Crippen LogP contribution < -0.4 is 9.80 Å². The SMILES string of the molecule is CCc1cccc(N(C)C(=N)N(C)c2cc(Br)ccc2Br)c1.Cl. The standard InChI is InChI=1S/C17H19Br2N3.ClH/c1-4-12-6-5-7-14(10-12)21(2)17(20)22(3)16-11-13(18)8-9-15(16)19;/h5-11,20H,4H2,1-3H3;1H. The molecule has 0 aromatic heterocycles. The Labute approximate surface area is 160 Å². The molecule has 0 aliphatic heterocycles. The Bertz CT molecular complexity index is 691. The highest BCUT2D eigenvalue weighted by Crippen LogP contribution is 2.29. The van der Waals surface area contributed by atoms with Gasteiger partial charge in [0, 0.05) is 28.7 Å². The van der Waals surface area contributed by atoms with Crippen molar-refractivity contribution < 1.29 is 0 Å². The normalized spacial score (nSPS) is 9.96. The molecule has 2 aromatic carbocycles. The second-order valence-electron chi connectivity index (χ2n) is 5.06. The topological polar surface area (TPSA) is 30.3 Å². The van der Waals surface area contributed by atoms with Gasteiger partial charge < -0.3 is 9.80 Å². The van der Waals surface area contributed by atoms with Gasteiger partial charge in [-0.2, -0.15) is 0 Å². The Morgan fingerprint density at radius 3 is 2.39 bits per heavy atom. The molecule has 0 spiro atoms. The van der Waals surface area contributed by atoms with Crippen LogP contribution in [0.4, 0.5) is 11.4 Å². The number of halogens is 3. The summed E-state index contributed by atoms with van der Waals surface area (Å²) in [6.07, 6.45) is 0.988. The Morgan fingerprint density at radius 1 is 1.04 bits per heavy atom. The van der Waals surface area contributed by atoms with Gasteiger partial charge in [0.25, 0.3) is 0 Å². The first kappa shape index (κ1) is 20.0. The number of hydrogen-bond donors (Lipinski definition) is 1. The summed E-state index contributed by atoms with van der Waals surface area (Å²) < 4.78 is 1.94. The average Bonchev–Trinajstić information content (AvgIpc) is 2.55. The monoisotopic (exact) mass is 459 g/mol. The van der Waals surface area contributed by atoms with Crippen LogP contribution in [0.5, 0.6) is 0 Å². The zero-order valence-electron chi connectivity index (χ0n) is 13.3. The van der Waals surface area contributed by atoms with Gasteiger partial charge in [0.2, 0.25) is 5.96 Å². The highest BCUT2D eigenvalue weighted by Gasteiger charge is 2.16. The molecule has 0 aliphatic rings. The molecule has 0 radical (unpaired) electrons. The molecule has 0 unspecified atom stereocenters. The van der Waals surface area contributed by atoms with E-state index >= 15 is 0 Å². The van der Waals surface area contributed by atoms with Crippen molar-refractivity contribution in [1.29, 1.82) is 5.41 Å². The molecule has 0 aliphatic carbocycles. The number of guanidine groups is 1. The molecule has 2 aromatic rings. The van der Waals surface area contributed by atoms with Crippen LogP contribution in [-0.2, 0) is 6.42 Å². The van der Waals surface area contributed by atoms with E-state index in [-0.39, 0.29) is 12.4 Å². The van der Waals surface area contributed by atoms with Gasteiger partial charge in [-0.3, -0.25) is 5.41 Å². The largest absolute Gasteiger partial charge is 0.316 e. The third-order valence-electron chi connectivity index (χ3n) is 3.61. The van der Waals surface area contributed by atoms with Gasteiger partial charge in [-0.25, -0.2) is 0 Å². The van der Waals surface area contributed by atoms with Gasteiger partial charge in [-0.15, -0.1) is 12.4 Å². The van der Waals surface area contributed by atoms with Crippen molar-refractivity contribution in [2.24, 2.45) is 0 Å². The summed E-state index contributed by atoms with van der Waals surface area (Å²) in [5.74, 6) is 0.409. The van der Waals surface area contributed by atoms with Crippen LogP contribution in [-0.4, -0.2) is 20.1 Å². The Morgan fingerprint density at radius 2 is 1.74 bits per heavy atom. The lowest BCUT2D eigenvalue weighted by atomic mass is 10.1. The van der Waals surface area contributed by atoms with Crippen LogP contribution in [0.1, 0.15) is 12.5 Å². The second kappa shape index (κ2) is 8.71. The molecule has 3 nitrogen and oxygen atoms in total. The molecule has 0 amide bonds.